The second-order valence-corrected chi connectivity index (χ2v) is 4.74. The van der Waals surface area contributed by atoms with Crippen molar-refractivity contribution < 1.29 is 13.9 Å². The molecule has 0 aliphatic carbocycles. The van der Waals surface area contributed by atoms with Gasteiger partial charge in [-0.15, -0.1) is 0 Å². The molecular weight excluding hydrogens is 247 g/mol. The lowest BCUT2D eigenvalue weighted by atomic mass is 10.1. The zero-order valence-electron chi connectivity index (χ0n) is 11.1. The molecule has 1 atom stereocenters. The van der Waals surface area contributed by atoms with Gasteiger partial charge in [-0.1, -0.05) is 18.2 Å². The van der Waals surface area contributed by atoms with Crippen LogP contribution in [0.2, 0.25) is 0 Å². The van der Waals surface area contributed by atoms with Gasteiger partial charge in [0, 0.05) is 32.2 Å². The minimum absolute atomic E-state index is 0.0306. The Labute approximate surface area is 112 Å². The number of carbonyl (C=O) groups excluding carboxylic acids is 1. The molecule has 1 N–H and O–H groups in total. The first-order valence-corrected chi connectivity index (χ1v) is 6.46. The molecule has 1 aromatic rings. The van der Waals surface area contributed by atoms with Crippen LogP contribution in [-0.2, 0) is 16.1 Å². The van der Waals surface area contributed by atoms with E-state index in [2.05, 4.69) is 5.32 Å². The van der Waals surface area contributed by atoms with Crippen LogP contribution in [-0.4, -0.2) is 43.7 Å². The maximum atomic E-state index is 13.5. The smallest absolute Gasteiger partial charge is 0.225 e. The topological polar surface area (TPSA) is 41.6 Å². The van der Waals surface area contributed by atoms with Gasteiger partial charge in [0.1, 0.15) is 5.82 Å². The van der Waals surface area contributed by atoms with E-state index in [4.69, 9.17) is 4.74 Å². The standard InChI is InChI=1S/C14H19FN2O2/c1-17(10-11-4-2-3-5-13(11)15)14(18)8-12-9-16-6-7-19-12/h2-5,12,16H,6-10H2,1H3. The summed E-state index contributed by atoms with van der Waals surface area (Å²) in [5, 5.41) is 3.18. The number of morpholine rings is 1. The molecule has 0 saturated carbocycles. The molecule has 1 amide bonds. The molecule has 0 aromatic heterocycles. The molecule has 0 spiro atoms. The summed E-state index contributed by atoms with van der Waals surface area (Å²) in [6.07, 6.45) is 0.252. The van der Waals surface area contributed by atoms with Crippen LogP contribution in [0.4, 0.5) is 4.39 Å². The monoisotopic (exact) mass is 266 g/mol. The number of benzene rings is 1. The van der Waals surface area contributed by atoms with E-state index >= 15 is 0 Å². The first-order valence-electron chi connectivity index (χ1n) is 6.46. The zero-order chi connectivity index (χ0) is 13.7. The highest BCUT2D eigenvalue weighted by molar-refractivity contribution is 5.76. The molecule has 2 rings (SSSR count). The molecule has 104 valence electrons. The molecule has 5 heteroatoms. The van der Waals surface area contributed by atoms with Crippen molar-refractivity contribution in [2.75, 3.05) is 26.7 Å². The van der Waals surface area contributed by atoms with Gasteiger partial charge in [0.2, 0.25) is 5.91 Å². The van der Waals surface area contributed by atoms with Gasteiger partial charge in [-0.05, 0) is 6.07 Å². The third-order valence-corrected chi connectivity index (χ3v) is 3.20. The molecule has 1 heterocycles. The summed E-state index contributed by atoms with van der Waals surface area (Å²) in [6.45, 7) is 2.44. The molecular formula is C14H19FN2O2. The van der Waals surface area contributed by atoms with Crippen LogP contribution in [0.15, 0.2) is 24.3 Å². The Balaban J connectivity index is 1.87. The predicted molar refractivity (Wildman–Crippen MR) is 70.1 cm³/mol. The number of hydrogen-bond donors (Lipinski definition) is 1. The van der Waals surface area contributed by atoms with E-state index in [1.54, 1.807) is 25.2 Å². The highest BCUT2D eigenvalue weighted by Gasteiger charge is 2.20. The van der Waals surface area contributed by atoms with E-state index in [1.807, 2.05) is 0 Å². The van der Waals surface area contributed by atoms with Gasteiger partial charge in [-0.2, -0.15) is 0 Å². The Bertz CT molecular complexity index is 433. The number of amides is 1. The minimum Gasteiger partial charge on any atom is -0.375 e. The normalized spacial score (nSPS) is 19.2. The summed E-state index contributed by atoms with van der Waals surface area (Å²) >= 11 is 0. The number of ether oxygens (including phenoxy) is 1. The lowest BCUT2D eigenvalue weighted by Crippen LogP contribution is -2.41. The molecule has 0 bridgehead atoms. The molecule has 1 unspecified atom stereocenters. The van der Waals surface area contributed by atoms with Crippen LogP contribution in [0.5, 0.6) is 0 Å². The van der Waals surface area contributed by atoms with E-state index in [1.165, 1.54) is 11.0 Å². The average molecular weight is 266 g/mol. The maximum absolute atomic E-state index is 13.5. The fourth-order valence-electron chi connectivity index (χ4n) is 2.07. The summed E-state index contributed by atoms with van der Waals surface area (Å²) in [4.78, 5) is 13.6. The Morgan fingerprint density at radius 1 is 1.53 bits per heavy atom. The van der Waals surface area contributed by atoms with Crippen molar-refractivity contribution in [2.24, 2.45) is 0 Å². The van der Waals surface area contributed by atoms with Gasteiger partial charge in [0.05, 0.1) is 19.1 Å². The van der Waals surface area contributed by atoms with Crippen molar-refractivity contribution in [3.8, 4) is 0 Å². The third-order valence-electron chi connectivity index (χ3n) is 3.20. The second kappa shape index (κ2) is 6.63. The van der Waals surface area contributed by atoms with Crippen molar-refractivity contribution >= 4 is 5.91 Å². The average Bonchev–Trinajstić information content (AvgIpc) is 2.42. The second-order valence-electron chi connectivity index (χ2n) is 4.74. The Morgan fingerprint density at radius 2 is 2.32 bits per heavy atom. The molecule has 0 radical (unpaired) electrons. The van der Waals surface area contributed by atoms with E-state index in [0.717, 1.165) is 6.54 Å². The van der Waals surface area contributed by atoms with Crippen LogP contribution in [0.3, 0.4) is 0 Å². The van der Waals surface area contributed by atoms with Crippen LogP contribution in [0, 0.1) is 5.82 Å². The minimum atomic E-state index is -0.280. The van der Waals surface area contributed by atoms with Crippen LogP contribution in [0.1, 0.15) is 12.0 Å². The highest BCUT2D eigenvalue weighted by Crippen LogP contribution is 2.11. The Hall–Kier alpha value is -1.46. The number of halogens is 1. The molecule has 1 fully saturated rings. The molecule has 19 heavy (non-hydrogen) atoms. The maximum Gasteiger partial charge on any atom is 0.225 e. The quantitative estimate of drug-likeness (QED) is 0.889. The predicted octanol–water partition coefficient (Wildman–Crippen LogP) is 1.16. The van der Waals surface area contributed by atoms with Gasteiger partial charge < -0.3 is 15.0 Å². The van der Waals surface area contributed by atoms with Gasteiger partial charge in [-0.25, -0.2) is 4.39 Å². The van der Waals surface area contributed by atoms with Crippen LogP contribution in [0.25, 0.3) is 0 Å². The summed E-state index contributed by atoms with van der Waals surface area (Å²) < 4.78 is 19.0. The summed E-state index contributed by atoms with van der Waals surface area (Å²) in [6, 6.07) is 6.51. The van der Waals surface area contributed by atoms with E-state index in [9.17, 15) is 9.18 Å². The van der Waals surface area contributed by atoms with E-state index < -0.39 is 0 Å². The van der Waals surface area contributed by atoms with E-state index in [-0.39, 0.29) is 24.4 Å². The van der Waals surface area contributed by atoms with Crippen LogP contribution >= 0.6 is 0 Å². The zero-order valence-corrected chi connectivity index (χ0v) is 11.1. The fraction of sp³-hybridized carbons (Fsp3) is 0.500. The Morgan fingerprint density at radius 3 is 3.00 bits per heavy atom. The molecule has 1 aliphatic heterocycles. The number of nitrogens with one attached hydrogen (secondary N) is 1. The van der Waals surface area contributed by atoms with Crippen molar-refractivity contribution in [2.45, 2.75) is 19.1 Å². The molecule has 1 saturated heterocycles. The van der Waals surface area contributed by atoms with Gasteiger partial charge in [-0.3, -0.25) is 4.79 Å². The third kappa shape index (κ3) is 4.01. The van der Waals surface area contributed by atoms with Crippen molar-refractivity contribution in [3.05, 3.63) is 35.6 Å². The first kappa shape index (κ1) is 14.0. The van der Waals surface area contributed by atoms with Crippen molar-refractivity contribution in [3.63, 3.8) is 0 Å². The van der Waals surface area contributed by atoms with Gasteiger partial charge >= 0.3 is 0 Å². The van der Waals surface area contributed by atoms with Crippen LogP contribution < -0.4 is 5.32 Å². The summed E-state index contributed by atoms with van der Waals surface area (Å²) in [5.74, 6) is -0.310. The van der Waals surface area contributed by atoms with Gasteiger partial charge in [0.15, 0.2) is 0 Å². The number of carbonyl (C=O) groups is 1. The number of rotatable bonds is 4. The fourth-order valence-corrected chi connectivity index (χ4v) is 2.07. The summed E-state index contributed by atoms with van der Waals surface area (Å²) in [5.41, 5.74) is 0.529. The molecule has 1 aromatic carbocycles. The van der Waals surface area contributed by atoms with Crippen molar-refractivity contribution in [1.82, 2.24) is 10.2 Å². The Kier molecular flexibility index (Phi) is 4.87. The van der Waals surface area contributed by atoms with E-state index in [0.29, 0.717) is 25.1 Å². The largest absolute Gasteiger partial charge is 0.375 e. The molecule has 4 nitrogen and oxygen atoms in total. The van der Waals surface area contributed by atoms with Crippen molar-refractivity contribution in [1.29, 1.82) is 0 Å². The SMILES string of the molecule is CN(Cc1ccccc1F)C(=O)CC1CNCCO1. The lowest BCUT2D eigenvalue weighted by molar-refractivity contribution is -0.134. The summed E-state index contributed by atoms with van der Waals surface area (Å²) in [7, 11) is 1.69. The lowest BCUT2D eigenvalue weighted by Gasteiger charge is -2.25. The molecule has 1 aliphatic rings. The number of nitrogens with zero attached hydrogens (tertiary/aromatic N) is 1. The first-order chi connectivity index (χ1) is 9.16. The van der Waals surface area contributed by atoms with Gasteiger partial charge in [0.25, 0.3) is 0 Å². The number of hydrogen-bond acceptors (Lipinski definition) is 3. The highest BCUT2D eigenvalue weighted by atomic mass is 19.1.